The highest BCUT2D eigenvalue weighted by atomic mass is 14.8. The summed E-state index contributed by atoms with van der Waals surface area (Å²) in [5, 5.41) is 2.95. The molecule has 0 aromatic heterocycles. The second kappa shape index (κ2) is 5.57. The Morgan fingerprint density at radius 2 is 2.27 bits per heavy atom. The third-order valence-electron chi connectivity index (χ3n) is 1.39. The van der Waals surface area contributed by atoms with E-state index in [9.17, 15) is 0 Å². The van der Waals surface area contributed by atoms with E-state index < -0.39 is 0 Å². The van der Waals surface area contributed by atoms with E-state index in [1.807, 2.05) is 19.3 Å². The summed E-state index contributed by atoms with van der Waals surface area (Å²) in [5.74, 6) is 0. The van der Waals surface area contributed by atoms with Gasteiger partial charge >= 0.3 is 0 Å². The van der Waals surface area contributed by atoms with Crippen molar-refractivity contribution >= 4 is 0 Å². The van der Waals surface area contributed by atoms with Crippen molar-refractivity contribution in [1.82, 2.24) is 5.32 Å². The van der Waals surface area contributed by atoms with Crippen LogP contribution in [0.2, 0.25) is 0 Å². The molecule has 0 saturated heterocycles. The highest BCUT2D eigenvalue weighted by Gasteiger charge is 1.93. The molecule has 0 aliphatic rings. The van der Waals surface area contributed by atoms with Gasteiger partial charge in [-0.2, -0.15) is 0 Å². The van der Waals surface area contributed by atoms with Crippen molar-refractivity contribution in [1.29, 1.82) is 0 Å². The SMILES string of the molecule is C=C=C/C(=C/NC)C(=C)CC. The number of hydrogen-bond donors (Lipinski definition) is 1. The first kappa shape index (κ1) is 9.80. The molecule has 0 bridgehead atoms. The summed E-state index contributed by atoms with van der Waals surface area (Å²) in [5.41, 5.74) is 4.88. The largest absolute Gasteiger partial charge is 0.393 e. The summed E-state index contributed by atoms with van der Waals surface area (Å²) < 4.78 is 0. The van der Waals surface area contributed by atoms with Crippen molar-refractivity contribution in [3.05, 3.63) is 42.3 Å². The molecule has 0 amide bonds. The zero-order valence-electron chi connectivity index (χ0n) is 7.28. The van der Waals surface area contributed by atoms with Crippen LogP contribution in [0.3, 0.4) is 0 Å². The Hall–Kier alpha value is -1.20. The summed E-state index contributed by atoms with van der Waals surface area (Å²) in [4.78, 5) is 0. The van der Waals surface area contributed by atoms with Crippen molar-refractivity contribution in [3.8, 4) is 0 Å². The Morgan fingerprint density at radius 3 is 2.64 bits per heavy atom. The summed E-state index contributed by atoms with van der Waals surface area (Å²) in [6.45, 7) is 9.48. The molecule has 0 fully saturated rings. The van der Waals surface area contributed by atoms with Crippen LogP contribution in [0, 0.1) is 0 Å². The van der Waals surface area contributed by atoms with E-state index in [1.165, 1.54) is 0 Å². The molecular formula is C10H15N. The quantitative estimate of drug-likeness (QED) is 0.478. The van der Waals surface area contributed by atoms with Gasteiger partial charge in [0.05, 0.1) is 0 Å². The molecule has 1 heteroatoms. The van der Waals surface area contributed by atoms with E-state index >= 15 is 0 Å². The molecule has 0 heterocycles. The van der Waals surface area contributed by atoms with Crippen molar-refractivity contribution < 1.29 is 0 Å². The average molecular weight is 149 g/mol. The summed E-state index contributed by atoms with van der Waals surface area (Å²) in [7, 11) is 1.86. The van der Waals surface area contributed by atoms with Crippen LogP contribution in [0.25, 0.3) is 0 Å². The number of allylic oxidation sites excluding steroid dienone is 3. The molecular weight excluding hydrogens is 134 g/mol. The van der Waals surface area contributed by atoms with E-state index in [0.29, 0.717) is 0 Å². The molecule has 0 atom stereocenters. The van der Waals surface area contributed by atoms with Crippen molar-refractivity contribution in [2.75, 3.05) is 7.05 Å². The molecule has 11 heavy (non-hydrogen) atoms. The molecule has 60 valence electrons. The van der Waals surface area contributed by atoms with Gasteiger partial charge in [0, 0.05) is 18.8 Å². The van der Waals surface area contributed by atoms with E-state index in [4.69, 9.17) is 0 Å². The maximum Gasteiger partial charge on any atom is 0.00440 e. The van der Waals surface area contributed by atoms with Crippen molar-refractivity contribution in [3.63, 3.8) is 0 Å². The maximum atomic E-state index is 3.90. The average Bonchev–Trinajstić information content (AvgIpc) is 2.03. The molecule has 0 aromatic rings. The predicted octanol–water partition coefficient (Wildman–Crippen LogP) is 2.40. The van der Waals surface area contributed by atoms with Crippen LogP contribution in [-0.2, 0) is 0 Å². The number of hydrogen-bond acceptors (Lipinski definition) is 1. The first-order valence-corrected chi connectivity index (χ1v) is 3.67. The van der Waals surface area contributed by atoms with E-state index in [1.54, 1.807) is 0 Å². The van der Waals surface area contributed by atoms with Crippen LogP contribution in [0.4, 0.5) is 0 Å². The highest BCUT2D eigenvalue weighted by molar-refractivity contribution is 5.36. The topological polar surface area (TPSA) is 12.0 Å². The number of rotatable bonds is 4. The minimum absolute atomic E-state index is 0.950. The summed E-state index contributed by atoms with van der Waals surface area (Å²) >= 11 is 0. The van der Waals surface area contributed by atoms with Crippen molar-refractivity contribution in [2.24, 2.45) is 0 Å². The second-order valence-electron chi connectivity index (χ2n) is 2.19. The normalized spacial score (nSPS) is 10.2. The maximum absolute atomic E-state index is 3.90. The van der Waals surface area contributed by atoms with E-state index in [-0.39, 0.29) is 0 Å². The molecule has 0 unspecified atom stereocenters. The fourth-order valence-electron chi connectivity index (χ4n) is 0.715. The van der Waals surface area contributed by atoms with Crippen LogP contribution >= 0.6 is 0 Å². The number of nitrogens with one attached hydrogen (secondary N) is 1. The standard InChI is InChI=1S/C10H15N/c1-5-7-10(8-11-4)9(3)6-2/h7-8,11H,1,3,6H2,2,4H3/b10-8-. The lowest BCUT2D eigenvalue weighted by Crippen LogP contribution is -1.96. The molecule has 0 rings (SSSR count). The highest BCUT2D eigenvalue weighted by Crippen LogP contribution is 2.10. The van der Waals surface area contributed by atoms with Gasteiger partial charge in [0.25, 0.3) is 0 Å². The Labute approximate surface area is 68.8 Å². The summed E-state index contributed by atoms with van der Waals surface area (Å²) in [6.07, 6.45) is 4.66. The fourth-order valence-corrected chi connectivity index (χ4v) is 0.715. The lowest BCUT2D eigenvalue weighted by atomic mass is 10.1. The minimum atomic E-state index is 0.950. The lowest BCUT2D eigenvalue weighted by Gasteiger charge is -2.01. The Kier molecular flexibility index (Phi) is 4.97. The molecule has 1 nitrogen and oxygen atoms in total. The molecule has 0 saturated carbocycles. The first-order valence-electron chi connectivity index (χ1n) is 3.67. The Morgan fingerprint density at radius 1 is 1.64 bits per heavy atom. The monoisotopic (exact) mass is 149 g/mol. The van der Waals surface area contributed by atoms with Gasteiger partial charge in [0.1, 0.15) is 0 Å². The van der Waals surface area contributed by atoms with Gasteiger partial charge in [-0.3, -0.25) is 0 Å². The zero-order valence-corrected chi connectivity index (χ0v) is 7.28. The van der Waals surface area contributed by atoms with Crippen molar-refractivity contribution in [2.45, 2.75) is 13.3 Å². The van der Waals surface area contributed by atoms with Gasteiger partial charge in [-0.15, -0.1) is 5.73 Å². The molecule has 0 aromatic carbocycles. The van der Waals surface area contributed by atoms with Crippen LogP contribution in [0.1, 0.15) is 13.3 Å². The van der Waals surface area contributed by atoms with Gasteiger partial charge in [-0.25, -0.2) is 0 Å². The molecule has 0 radical (unpaired) electrons. The van der Waals surface area contributed by atoms with Crippen LogP contribution in [0.5, 0.6) is 0 Å². The minimum Gasteiger partial charge on any atom is -0.393 e. The molecule has 1 N–H and O–H groups in total. The van der Waals surface area contributed by atoms with E-state index in [0.717, 1.165) is 17.6 Å². The third kappa shape index (κ3) is 3.49. The van der Waals surface area contributed by atoms with Crippen LogP contribution in [-0.4, -0.2) is 7.05 Å². The Bertz CT molecular complexity index is 205. The third-order valence-corrected chi connectivity index (χ3v) is 1.39. The second-order valence-corrected chi connectivity index (χ2v) is 2.19. The smallest absolute Gasteiger partial charge is 0.00440 e. The van der Waals surface area contributed by atoms with Crippen LogP contribution in [0.15, 0.2) is 42.3 Å². The zero-order chi connectivity index (χ0) is 8.69. The Balaban J connectivity index is 4.46. The van der Waals surface area contributed by atoms with Crippen LogP contribution < -0.4 is 5.32 Å². The van der Waals surface area contributed by atoms with Gasteiger partial charge in [0.15, 0.2) is 0 Å². The molecule has 0 aliphatic carbocycles. The first-order chi connectivity index (χ1) is 5.26. The fraction of sp³-hybridized carbons (Fsp3) is 0.300. The van der Waals surface area contributed by atoms with E-state index in [2.05, 4.69) is 31.1 Å². The van der Waals surface area contributed by atoms with Gasteiger partial charge in [-0.05, 0) is 18.1 Å². The van der Waals surface area contributed by atoms with Gasteiger partial charge in [0.2, 0.25) is 0 Å². The molecule has 0 aliphatic heterocycles. The van der Waals surface area contributed by atoms with Gasteiger partial charge in [-0.1, -0.05) is 20.1 Å². The summed E-state index contributed by atoms with van der Waals surface area (Å²) in [6, 6.07) is 0. The predicted molar refractivity (Wildman–Crippen MR) is 50.3 cm³/mol. The van der Waals surface area contributed by atoms with Gasteiger partial charge < -0.3 is 5.32 Å². The molecule has 0 spiro atoms. The lowest BCUT2D eigenvalue weighted by molar-refractivity contribution is 1.06.